The number of esters is 3. The van der Waals surface area contributed by atoms with Crippen molar-refractivity contribution in [1.29, 1.82) is 0 Å². The first-order valence-corrected chi connectivity index (χ1v) is 25.6. The molecule has 0 saturated carbocycles. The van der Waals surface area contributed by atoms with E-state index in [2.05, 4.69) is 69.4 Å². The first-order chi connectivity index (χ1) is 31.6. The van der Waals surface area contributed by atoms with Crippen LogP contribution in [0.25, 0.3) is 0 Å². The number of aliphatic carboxylic acids is 1. The Morgan fingerprint density at radius 2 is 0.969 bits per heavy atom. The Morgan fingerprint density at radius 3 is 1.48 bits per heavy atom. The molecule has 1 fully saturated rings. The molecular formula is C53H90O12. The number of hydrogen-bond donors (Lipinski definition) is 3. The lowest BCUT2D eigenvalue weighted by Gasteiger charge is -2.40. The second-order valence-electron chi connectivity index (χ2n) is 17.4. The molecule has 1 heterocycles. The van der Waals surface area contributed by atoms with Gasteiger partial charge in [0.15, 0.2) is 24.6 Å². The van der Waals surface area contributed by atoms with E-state index in [9.17, 15) is 34.5 Å². The van der Waals surface area contributed by atoms with Crippen molar-refractivity contribution in [3.63, 3.8) is 0 Å². The number of aliphatic hydroxyl groups excluding tert-OH is 2. The topological polar surface area (TPSA) is 175 Å². The van der Waals surface area contributed by atoms with Gasteiger partial charge in [-0.2, -0.15) is 0 Å². The van der Waals surface area contributed by atoms with Crippen molar-refractivity contribution in [2.24, 2.45) is 0 Å². The Kier molecular flexibility index (Phi) is 38.6. The second-order valence-corrected chi connectivity index (χ2v) is 17.4. The Bertz CT molecular complexity index is 1330. The number of allylic oxidation sites excluding steroid dienone is 8. The lowest BCUT2D eigenvalue weighted by molar-refractivity contribution is -0.301. The van der Waals surface area contributed by atoms with E-state index in [0.29, 0.717) is 19.3 Å². The van der Waals surface area contributed by atoms with Crippen LogP contribution in [0.5, 0.6) is 0 Å². The van der Waals surface area contributed by atoms with E-state index in [1.165, 1.54) is 64.2 Å². The molecule has 0 aromatic rings. The highest BCUT2D eigenvalue weighted by atomic mass is 16.7. The van der Waals surface area contributed by atoms with Crippen molar-refractivity contribution in [3.8, 4) is 0 Å². The summed E-state index contributed by atoms with van der Waals surface area (Å²) in [5, 5.41) is 31.3. The number of ether oxygens (including phenoxy) is 5. The molecule has 0 aromatic carbocycles. The molecule has 1 aliphatic heterocycles. The molecule has 0 amide bonds. The van der Waals surface area contributed by atoms with Crippen LogP contribution in [0.3, 0.4) is 0 Å². The number of aliphatic hydroxyl groups is 2. The van der Waals surface area contributed by atoms with Gasteiger partial charge in [0.05, 0.1) is 6.61 Å². The summed E-state index contributed by atoms with van der Waals surface area (Å²) in [6, 6.07) is 0. The zero-order chi connectivity index (χ0) is 47.6. The van der Waals surface area contributed by atoms with E-state index < -0.39 is 67.3 Å². The zero-order valence-corrected chi connectivity index (χ0v) is 40.7. The van der Waals surface area contributed by atoms with E-state index in [1.807, 2.05) is 0 Å². The molecule has 374 valence electrons. The number of rotatable bonds is 42. The second kappa shape index (κ2) is 42.1. The van der Waals surface area contributed by atoms with Crippen molar-refractivity contribution < 1.29 is 58.2 Å². The maximum Gasteiger partial charge on any atom is 0.335 e. The van der Waals surface area contributed by atoms with Crippen LogP contribution in [0.2, 0.25) is 0 Å². The minimum absolute atomic E-state index is 0.0341. The third-order valence-electron chi connectivity index (χ3n) is 11.4. The molecule has 65 heavy (non-hydrogen) atoms. The molecule has 0 aliphatic carbocycles. The van der Waals surface area contributed by atoms with Gasteiger partial charge in [-0.3, -0.25) is 14.4 Å². The Balaban J connectivity index is 2.71. The molecule has 0 spiro atoms. The molecule has 1 aliphatic rings. The molecule has 0 radical (unpaired) electrons. The SMILES string of the molecule is CC/C=C\C/C=C\C/C=C\C/C=C\CCCCCCC(=O)OC1C(OCC(COC(=O)CCCCCCCCCCC)OC(=O)CCCCCCCCCCC)OC(C(=O)O)C(O)C1O. The van der Waals surface area contributed by atoms with E-state index in [0.717, 1.165) is 89.9 Å². The summed E-state index contributed by atoms with van der Waals surface area (Å²) >= 11 is 0. The predicted molar refractivity (Wildman–Crippen MR) is 257 cm³/mol. The Morgan fingerprint density at radius 1 is 0.523 bits per heavy atom. The lowest BCUT2D eigenvalue weighted by atomic mass is 9.98. The summed E-state index contributed by atoms with van der Waals surface area (Å²) in [6.07, 6.45) is 35.5. The van der Waals surface area contributed by atoms with E-state index in [-0.39, 0.29) is 25.9 Å². The molecule has 6 atom stereocenters. The van der Waals surface area contributed by atoms with Crippen LogP contribution >= 0.6 is 0 Å². The van der Waals surface area contributed by atoms with Gasteiger partial charge in [-0.25, -0.2) is 4.79 Å². The fraction of sp³-hybridized carbons (Fsp3) is 0.774. The molecule has 1 saturated heterocycles. The fourth-order valence-corrected chi connectivity index (χ4v) is 7.48. The number of carbonyl (C=O) groups excluding carboxylic acids is 3. The largest absolute Gasteiger partial charge is 0.479 e. The monoisotopic (exact) mass is 919 g/mol. The maximum atomic E-state index is 13.0. The lowest BCUT2D eigenvalue weighted by Crippen LogP contribution is -2.61. The number of carboxylic acid groups (broad SMARTS) is 1. The van der Waals surface area contributed by atoms with Crippen LogP contribution in [0, 0.1) is 0 Å². The minimum Gasteiger partial charge on any atom is -0.479 e. The van der Waals surface area contributed by atoms with Gasteiger partial charge in [-0.1, -0.05) is 185 Å². The first-order valence-electron chi connectivity index (χ1n) is 25.6. The predicted octanol–water partition coefficient (Wildman–Crippen LogP) is 11.9. The van der Waals surface area contributed by atoms with Crippen molar-refractivity contribution >= 4 is 23.9 Å². The highest BCUT2D eigenvalue weighted by Gasteiger charge is 2.50. The van der Waals surface area contributed by atoms with Crippen LogP contribution in [-0.4, -0.2) is 89.2 Å². The standard InChI is InChI=1S/C53H90O12/c1-4-7-10-13-16-19-20-21-22-23-24-25-26-29-32-35-38-41-47(56)64-51-49(58)48(57)50(52(59)60)65-53(51)62-43-44(63-46(55)40-37-34-31-28-18-15-12-9-6-3)42-61-45(54)39-36-33-30-27-17-14-11-8-5-2/h7,10,16,19,21-22,24-25,44,48-51,53,57-58H,4-6,8-9,11-15,17-18,20,23,26-43H2,1-3H3,(H,59,60)/b10-7-,19-16-,22-21-,25-24-. The Hall–Kier alpha value is -3.32. The van der Waals surface area contributed by atoms with E-state index in [1.54, 1.807) is 0 Å². The first kappa shape index (κ1) is 59.7. The van der Waals surface area contributed by atoms with Gasteiger partial charge >= 0.3 is 23.9 Å². The van der Waals surface area contributed by atoms with Crippen LogP contribution in [-0.2, 0) is 42.9 Å². The molecule has 12 heteroatoms. The van der Waals surface area contributed by atoms with Crippen molar-refractivity contribution in [2.45, 2.75) is 250 Å². The summed E-state index contributed by atoms with van der Waals surface area (Å²) in [5.74, 6) is -3.15. The smallest absolute Gasteiger partial charge is 0.335 e. The van der Waals surface area contributed by atoms with Gasteiger partial charge in [-0.15, -0.1) is 0 Å². The van der Waals surface area contributed by atoms with Crippen LogP contribution in [0.15, 0.2) is 48.6 Å². The van der Waals surface area contributed by atoms with Crippen molar-refractivity contribution in [1.82, 2.24) is 0 Å². The van der Waals surface area contributed by atoms with E-state index >= 15 is 0 Å². The van der Waals surface area contributed by atoms with Crippen molar-refractivity contribution in [3.05, 3.63) is 48.6 Å². The molecular weight excluding hydrogens is 829 g/mol. The number of hydrogen-bond acceptors (Lipinski definition) is 11. The third kappa shape index (κ3) is 32.9. The molecule has 0 bridgehead atoms. The highest BCUT2D eigenvalue weighted by Crippen LogP contribution is 2.26. The van der Waals surface area contributed by atoms with Crippen LogP contribution in [0.4, 0.5) is 0 Å². The van der Waals surface area contributed by atoms with Gasteiger partial charge in [0.25, 0.3) is 0 Å². The van der Waals surface area contributed by atoms with E-state index in [4.69, 9.17) is 23.7 Å². The minimum atomic E-state index is -1.91. The summed E-state index contributed by atoms with van der Waals surface area (Å²) in [6.45, 7) is 5.79. The molecule has 3 N–H and O–H groups in total. The Labute approximate surface area is 393 Å². The van der Waals surface area contributed by atoms with Gasteiger partial charge < -0.3 is 39.0 Å². The normalized spacial score (nSPS) is 19.4. The van der Waals surface area contributed by atoms with Crippen LogP contribution < -0.4 is 0 Å². The molecule has 12 nitrogen and oxygen atoms in total. The zero-order valence-electron chi connectivity index (χ0n) is 40.7. The summed E-state index contributed by atoms with van der Waals surface area (Å²) < 4.78 is 28.2. The summed E-state index contributed by atoms with van der Waals surface area (Å²) in [4.78, 5) is 50.6. The highest BCUT2D eigenvalue weighted by molar-refractivity contribution is 5.74. The number of unbranched alkanes of at least 4 members (excludes halogenated alkanes) is 20. The molecule has 6 unspecified atom stereocenters. The van der Waals surface area contributed by atoms with Gasteiger partial charge in [0.2, 0.25) is 0 Å². The molecule has 0 aromatic heterocycles. The van der Waals surface area contributed by atoms with Crippen molar-refractivity contribution in [2.75, 3.05) is 13.2 Å². The van der Waals surface area contributed by atoms with Gasteiger partial charge in [-0.05, 0) is 57.8 Å². The third-order valence-corrected chi connectivity index (χ3v) is 11.4. The quantitative estimate of drug-likeness (QED) is 0.0229. The average molecular weight is 919 g/mol. The average Bonchev–Trinajstić information content (AvgIpc) is 3.29. The van der Waals surface area contributed by atoms with Crippen LogP contribution in [0.1, 0.15) is 213 Å². The summed E-state index contributed by atoms with van der Waals surface area (Å²) in [7, 11) is 0. The fourth-order valence-electron chi connectivity index (χ4n) is 7.48. The number of carbonyl (C=O) groups is 4. The van der Waals surface area contributed by atoms with Gasteiger partial charge in [0.1, 0.15) is 18.8 Å². The van der Waals surface area contributed by atoms with Gasteiger partial charge in [0, 0.05) is 19.3 Å². The number of carboxylic acids is 1. The maximum absolute atomic E-state index is 13.0. The molecule has 1 rings (SSSR count). The summed E-state index contributed by atoms with van der Waals surface area (Å²) in [5.41, 5.74) is 0.